The summed E-state index contributed by atoms with van der Waals surface area (Å²) in [7, 11) is 1.66. The summed E-state index contributed by atoms with van der Waals surface area (Å²) >= 11 is 0. The molecule has 1 amide bonds. The monoisotopic (exact) mass is 314 g/mol. The first-order chi connectivity index (χ1) is 11.2. The van der Waals surface area contributed by atoms with Gasteiger partial charge in [0.25, 0.3) is 0 Å². The Morgan fingerprint density at radius 2 is 2.00 bits per heavy atom. The largest absolute Gasteiger partial charge is 0.384 e. The van der Waals surface area contributed by atoms with E-state index in [4.69, 9.17) is 4.74 Å². The lowest BCUT2D eigenvalue weighted by atomic mass is 10.1. The molecular weight excluding hydrogens is 292 g/mol. The normalized spacial score (nSPS) is 17.4. The van der Waals surface area contributed by atoms with Crippen LogP contribution in [0.1, 0.15) is 30.2 Å². The molecule has 0 radical (unpaired) electrons. The summed E-state index contributed by atoms with van der Waals surface area (Å²) in [5.74, 6) is 1.81. The molecule has 0 bridgehead atoms. The fourth-order valence-electron chi connectivity index (χ4n) is 3.00. The molecular formula is C17H22N4O2. The minimum atomic E-state index is -0.253. The summed E-state index contributed by atoms with van der Waals surface area (Å²) in [6.45, 7) is 3.72. The van der Waals surface area contributed by atoms with E-state index in [0.717, 1.165) is 18.1 Å². The highest BCUT2D eigenvalue weighted by molar-refractivity contribution is 5.81. The molecule has 1 aromatic heterocycles. The summed E-state index contributed by atoms with van der Waals surface area (Å²) in [6.07, 6.45) is 1.52. The SMILES string of the molecule is COCCc1nnc2n1[C@H](C)C(=O)N(CCc1ccccc1)C2. The number of methoxy groups -OCH3 is 1. The van der Waals surface area contributed by atoms with Gasteiger partial charge in [-0.1, -0.05) is 30.3 Å². The highest BCUT2D eigenvalue weighted by Gasteiger charge is 2.32. The highest BCUT2D eigenvalue weighted by atomic mass is 16.5. The molecule has 0 aliphatic carbocycles. The molecule has 3 rings (SSSR count). The number of carbonyl (C=O) groups is 1. The Kier molecular flexibility index (Phi) is 4.71. The standard InChI is InChI=1S/C17H22N4O2/c1-13-17(22)20(10-8-14-6-4-3-5-7-14)12-16-19-18-15(21(13)16)9-11-23-2/h3-7,13H,8-12H2,1-2H3/t13-/m1/s1. The third-order valence-corrected chi connectivity index (χ3v) is 4.27. The quantitative estimate of drug-likeness (QED) is 0.813. The lowest BCUT2D eigenvalue weighted by Gasteiger charge is -2.32. The number of ether oxygens (including phenoxy) is 1. The van der Waals surface area contributed by atoms with Crippen LogP contribution in [0.15, 0.2) is 30.3 Å². The molecule has 122 valence electrons. The summed E-state index contributed by atoms with van der Waals surface area (Å²) in [5.41, 5.74) is 1.24. The van der Waals surface area contributed by atoms with E-state index in [1.165, 1.54) is 5.56 Å². The van der Waals surface area contributed by atoms with Gasteiger partial charge in [0, 0.05) is 20.1 Å². The number of amides is 1. The number of benzene rings is 1. The summed E-state index contributed by atoms with van der Waals surface area (Å²) < 4.78 is 7.06. The number of hydrogen-bond acceptors (Lipinski definition) is 4. The third kappa shape index (κ3) is 3.27. The van der Waals surface area contributed by atoms with Gasteiger partial charge >= 0.3 is 0 Å². The molecule has 0 fully saturated rings. The lowest BCUT2D eigenvalue weighted by Crippen LogP contribution is -2.43. The Bertz CT molecular complexity index is 668. The zero-order chi connectivity index (χ0) is 16.2. The van der Waals surface area contributed by atoms with Gasteiger partial charge in [0.2, 0.25) is 5.91 Å². The van der Waals surface area contributed by atoms with Gasteiger partial charge in [-0.05, 0) is 18.9 Å². The van der Waals surface area contributed by atoms with Crippen molar-refractivity contribution in [1.82, 2.24) is 19.7 Å². The Morgan fingerprint density at radius 3 is 2.74 bits per heavy atom. The van der Waals surface area contributed by atoms with Crippen molar-refractivity contribution < 1.29 is 9.53 Å². The van der Waals surface area contributed by atoms with Crippen LogP contribution in [0.3, 0.4) is 0 Å². The molecule has 1 aliphatic heterocycles. The van der Waals surface area contributed by atoms with E-state index in [-0.39, 0.29) is 11.9 Å². The fourth-order valence-corrected chi connectivity index (χ4v) is 3.00. The van der Waals surface area contributed by atoms with E-state index in [9.17, 15) is 4.79 Å². The van der Waals surface area contributed by atoms with Crippen LogP contribution >= 0.6 is 0 Å². The Labute approximate surface area is 136 Å². The van der Waals surface area contributed by atoms with Gasteiger partial charge in [0.15, 0.2) is 5.82 Å². The van der Waals surface area contributed by atoms with E-state index in [1.54, 1.807) is 7.11 Å². The molecule has 0 spiro atoms. The number of nitrogens with zero attached hydrogens (tertiary/aromatic N) is 4. The van der Waals surface area contributed by atoms with Crippen molar-refractivity contribution in [2.45, 2.75) is 32.4 Å². The molecule has 0 N–H and O–H groups in total. The molecule has 0 saturated heterocycles. The van der Waals surface area contributed by atoms with Gasteiger partial charge < -0.3 is 14.2 Å². The van der Waals surface area contributed by atoms with Gasteiger partial charge in [-0.15, -0.1) is 10.2 Å². The lowest BCUT2D eigenvalue weighted by molar-refractivity contribution is -0.137. The highest BCUT2D eigenvalue weighted by Crippen LogP contribution is 2.23. The first-order valence-electron chi connectivity index (χ1n) is 7.95. The van der Waals surface area contributed by atoms with Crippen LogP contribution in [-0.2, 0) is 28.9 Å². The van der Waals surface area contributed by atoms with Crippen LogP contribution in [0.4, 0.5) is 0 Å². The van der Waals surface area contributed by atoms with Gasteiger partial charge in [-0.25, -0.2) is 0 Å². The number of carbonyl (C=O) groups excluding carboxylic acids is 1. The van der Waals surface area contributed by atoms with E-state index >= 15 is 0 Å². The number of aromatic nitrogens is 3. The molecule has 6 heteroatoms. The van der Waals surface area contributed by atoms with Gasteiger partial charge in [0.1, 0.15) is 11.9 Å². The van der Waals surface area contributed by atoms with Crippen molar-refractivity contribution in [3.8, 4) is 0 Å². The van der Waals surface area contributed by atoms with Crippen LogP contribution < -0.4 is 0 Å². The van der Waals surface area contributed by atoms with Crippen LogP contribution in [0, 0.1) is 0 Å². The molecule has 6 nitrogen and oxygen atoms in total. The van der Waals surface area contributed by atoms with Gasteiger partial charge in [-0.3, -0.25) is 4.79 Å². The van der Waals surface area contributed by atoms with E-state index < -0.39 is 0 Å². The van der Waals surface area contributed by atoms with Crippen molar-refractivity contribution in [3.63, 3.8) is 0 Å². The van der Waals surface area contributed by atoms with Crippen LogP contribution in [-0.4, -0.2) is 45.8 Å². The summed E-state index contributed by atoms with van der Waals surface area (Å²) in [4.78, 5) is 14.5. The maximum atomic E-state index is 12.7. The second-order valence-electron chi connectivity index (χ2n) is 5.82. The zero-order valence-electron chi connectivity index (χ0n) is 13.6. The molecule has 0 unspecified atom stereocenters. The number of fused-ring (bicyclic) bond motifs is 1. The predicted molar refractivity (Wildman–Crippen MR) is 85.9 cm³/mol. The Hall–Kier alpha value is -2.21. The van der Waals surface area contributed by atoms with Crippen molar-refractivity contribution >= 4 is 5.91 Å². The first kappa shape index (κ1) is 15.7. The summed E-state index contributed by atoms with van der Waals surface area (Å²) in [6, 6.07) is 9.97. The molecule has 2 heterocycles. The van der Waals surface area contributed by atoms with E-state index in [1.807, 2.05) is 34.6 Å². The zero-order valence-corrected chi connectivity index (χ0v) is 13.6. The number of rotatable bonds is 6. The van der Waals surface area contributed by atoms with Crippen LogP contribution in [0.5, 0.6) is 0 Å². The van der Waals surface area contributed by atoms with Crippen LogP contribution in [0.25, 0.3) is 0 Å². The molecule has 23 heavy (non-hydrogen) atoms. The van der Waals surface area contributed by atoms with E-state index in [2.05, 4.69) is 22.3 Å². The van der Waals surface area contributed by atoms with Crippen molar-refractivity contribution in [1.29, 1.82) is 0 Å². The molecule has 1 atom stereocenters. The maximum Gasteiger partial charge on any atom is 0.245 e. The van der Waals surface area contributed by atoms with Crippen molar-refractivity contribution in [3.05, 3.63) is 47.5 Å². The maximum absolute atomic E-state index is 12.7. The fraction of sp³-hybridized carbons (Fsp3) is 0.471. The van der Waals surface area contributed by atoms with Gasteiger partial charge in [0.05, 0.1) is 13.2 Å². The molecule has 1 aromatic carbocycles. The average Bonchev–Trinajstić information content (AvgIpc) is 2.99. The third-order valence-electron chi connectivity index (χ3n) is 4.27. The topological polar surface area (TPSA) is 60.3 Å². The average molecular weight is 314 g/mol. The molecule has 1 aliphatic rings. The summed E-state index contributed by atoms with van der Waals surface area (Å²) in [5, 5.41) is 8.49. The molecule has 0 saturated carbocycles. The van der Waals surface area contributed by atoms with Crippen molar-refractivity contribution in [2.24, 2.45) is 0 Å². The second-order valence-corrected chi connectivity index (χ2v) is 5.82. The minimum absolute atomic E-state index is 0.131. The Balaban J connectivity index is 1.71. The smallest absolute Gasteiger partial charge is 0.245 e. The second kappa shape index (κ2) is 6.91. The van der Waals surface area contributed by atoms with E-state index in [0.29, 0.717) is 26.1 Å². The first-order valence-corrected chi connectivity index (χ1v) is 7.95. The van der Waals surface area contributed by atoms with Gasteiger partial charge in [-0.2, -0.15) is 0 Å². The van der Waals surface area contributed by atoms with Crippen molar-refractivity contribution in [2.75, 3.05) is 20.3 Å². The minimum Gasteiger partial charge on any atom is -0.384 e. The predicted octanol–water partition coefficient (Wildman–Crippen LogP) is 1.61. The Morgan fingerprint density at radius 1 is 1.22 bits per heavy atom. The number of hydrogen-bond donors (Lipinski definition) is 0. The van der Waals surface area contributed by atoms with Crippen LogP contribution in [0.2, 0.25) is 0 Å². The molecule has 2 aromatic rings.